The van der Waals surface area contributed by atoms with E-state index in [0.717, 1.165) is 0 Å². The molecule has 0 unspecified atom stereocenters. The Bertz CT molecular complexity index is 140. The zero-order valence-electron chi connectivity index (χ0n) is 6.66. The highest BCUT2D eigenvalue weighted by Crippen LogP contribution is 2.55. The molecule has 0 aliphatic rings. The molecular weight excluding hydrogens is 151 g/mol. The quantitative estimate of drug-likeness (QED) is 0.603. The molecule has 0 bridgehead atoms. The molecule has 0 heterocycles. The molecule has 0 aromatic heterocycles. The summed E-state index contributed by atoms with van der Waals surface area (Å²) in [5.41, 5.74) is 0. The second-order valence-electron chi connectivity index (χ2n) is 3.34. The smallest absolute Gasteiger partial charge is 0.141 e. The number of hydrogen-bond acceptors (Lipinski definition) is 3. The average molecular weight is 166 g/mol. The van der Waals surface area contributed by atoms with Gasteiger partial charge in [0.1, 0.15) is 7.14 Å². The Morgan fingerprint density at radius 2 is 1.50 bits per heavy atom. The minimum absolute atomic E-state index is 0.410. The van der Waals surface area contributed by atoms with Crippen molar-refractivity contribution in [2.45, 2.75) is 25.9 Å². The first-order valence-corrected chi connectivity index (χ1v) is 5.25. The van der Waals surface area contributed by atoms with E-state index in [4.69, 9.17) is 10.2 Å². The summed E-state index contributed by atoms with van der Waals surface area (Å²) in [5.74, 6) is 0. The van der Waals surface area contributed by atoms with E-state index in [1.54, 1.807) is 20.8 Å². The molecule has 0 saturated carbocycles. The Hall–Kier alpha value is 0.150. The van der Waals surface area contributed by atoms with Crippen LogP contribution in [-0.2, 0) is 4.57 Å². The molecule has 4 heteroatoms. The Morgan fingerprint density at radius 3 is 1.50 bits per heavy atom. The molecular formula is C6H15O3P. The summed E-state index contributed by atoms with van der Waals surface area (Å²) < 4.78 is 11.5. The van der Waals surface area contributed by atoms with E-state index in [-0.39, 0.29) is 0 Å². The van der Waals surface area contributed by atoms with Crippen molar-refractivity contribution in [3.63, 3.8) is 0 Å². The van der Waals surface area contributed by atoms with Crippen molar-refractivity contribution in [1.82, 2.24) is 0 Å². The summed E-state index contributed by atoms with van der Waals surface area (Å²) >= 11 is 0. The molecule has 0 aromatic carbocycles. The topological polar surface area (TPSA) is 57.5 Å². The van der Waals surface area contributed by atoms with E-state index >= 15 is 0 Å². The lowest BCUT2D eigenvalue weighted by atomic mass is 10.3. The fourth-order valence-electron chi connectivity index (χ4n) is 0.469. The Balaban J connectivity index is 4.51. The summed E-state index contributed by atoms with van der Waals surface area (Å²) in [6, 6.07) is 0. The van der Waals surface area contributed by atoms with Crippen LogP contribution in [-0.4, -0.2) is 28.1 Å². The molecule has 0 atom stereocenters. The molecule has 0 aromatic rings. The summed E-state index contributed by atoms with van der Waals surface area (Å²) in [5, 5.41) is 16.9. The first-order chi connectivity index (χ1) is 4.37. The first kappa shape index (κ1) is 10.2. The largest absolute Gasteiger partial charge is 0.389 e. The van der Waals surface area contributed by atoms with Crippen LogP contribution in [0.2, 0.25) is 0 Å². The van der Waals surface area contributed by atoms with E-state index in [9.17, 15) is 4.57 Å². The summed E-state index contributed by atoms with van der Waals surface area (Å²) in [7, 11) is -2.75. The van der Waals surface area contributed by atoms with Crippen molar-refractivity contribution in [3.05, 3.63) is 0 Å². The lowest BCUT2D eigenvalue weighted by Crippen LogP contribution is -2.19. The van der Waals surface area contributed by atoms with Gasteiger partial charge in [-0.15, -0.1) is 0 Å². The lowest BCUT2D eigenvalue weighted by Gasteiger charge is -2.27. The van der Waals surface area contributed by atoms with Crippen LogP contribution >= 0.6 is 7.14 Å². The predicted molar refractivity (Wildman–Crippen MR) is 41.5 cm³/mol. The SMILES string of the molecule is CC(C)(C)P(=O)(CO)CO. The van der Waals surface area contributed by atoms with Crippen LogP contribution in [0.4, 0.5) is 0 Å². The monoisotopic (exact) mass is 166 g/mol. The van der Waals surface area contributed by atoms with Gasteiger partial charge in [-0.1, -0.05) is 20.8 Å². The minimum Gasteiger partial charge on any atom is -0.389 e. The van der Waals surface area contributed by atoms with Gasteiger partial charge in [0.15, 0.2) is 0 Å². The second-order valence-corrected chi connectivity index (χ2v) is 7.03. The highest BCUT2D eigenvalue weighted by molar-refractivity contribution is 7.65. The maximum absolute atomic E-state index is 11.5. The molecule has 0 rings (SSSR count). The van der Waals surface area contributed by atoms with Gasteiger partial charge in [-0.2, -0.15) is 0 Å². The number of rotatable bonds is 2. The first-order valence-electron chi connectivity index (χ1n) is 3.17. The van der Waals surface area contributed by atoms with Crippen LogP contribution < -0.4 is 0 Å². The van der Waals surface area contributed by atoms with Gasteiger partial charge in [0.05, 0.1) is 12.7 Å². The van der Waals surface area contributed by atoms with Crippen molar-refractivity contribution in [1.29, 1.82) is 0 Å². The summed E-state index contributed by atoms with van der Waals surface area (Å²) in [6.07, 6.45) is -0.819. The van der Waals surface area contributed by atoms with Gasteiger partial charge in [0, 0.05) is 5.16 Å². The molecule has 0 aliphatic heterocycles. The lowest BCUT2D eigenvalue weighted by molar-refractivity contribution is 0.317. The average Bonchev–Trinajstić information content (AvgIpc) is 1.84. The molecule has 0 fully saturated rings. The van der Waals surface area contributed by atoms with Gasteiger partial charge >= 0.3 is 0 Å². The van der Waals surface area contributed by atoms with E-state index in [1.165, 1.54) is 0 Å². The van der Waals surface area contributed by atoms with Crippen LogP contribution in [0.25, 0.3) is 0 Å². The van der Waals surface area contributed by atoms with Gasteiger partial charge in [0.2, 0.25) is 0 Å². The molecule has 0 radical (unpaired) electrons. The van der Waals surface area contributed by atoms with Gasteiger partial charge in [-0.3, -0.25) is 0 Å². The molecule has 0 aliphatic carbocycles. The fraction of sp³-hybridized carbons (Fsp3) is 1.00. The van der Waals surface area contributed by atoms with E-state index < -0.39 is 25.0 Å². The summed E-state index contributed by atoms with van der Waals surface area (Å²) in [6.45, 7) is 5.25. The van der Waals surface area contributed by atoms with Gasteiger partial charge in [0.25, 0.3) is 0 Å². The normalized spacial score (nSPS) is 13.7. The zero-order chi connectivity index (χ0) is 8.41. The standard InChI is InChI=1S/C6H15O3P/c1-6(2,3)10(9,4-7)5-8/h7-8H,4-5H2,1-3H3. The number of hydrogen-bond donors (Lipinski definition) is 2. The third-order valence-electron chi connectivity index (χ3n) is 1.68. The Kier molecular flexibility index (Phi) is 3.08. The predicted octanol–water partition coefficient (Wildman–Crippen LogP) is 1.05. The Labute approximate surface area is 61.4 Å². The maximum atomic E-state index is 11.5. The van der Waals surface area contributed by atoms with Gasteiger partial charge in [-0.25, -0.2) is 0 Å². The molecule has 3 nitrogen and oxygen atoms in total. The second kappa shape index (κ2) is 3.04. The van der Waals surface area contributed by atoms with Gasteiger partial charge in [-0.05, 0) is 0 Å². The maximum Gasteiger partial charge on any atom is 0.141 e. The van der Waals surface area contributed by atoms with Crippen LogP contribution in [0, 0.1) is 0 Å². The van der Waals surface area contributed by atoms with Crippen molar-refractivity contribution in [2.75, 3.05) is 12.7 Å². The van der Waals surface area contributed by atoms with Crippen LogP contribution in [0.1, 0.15) is 20.8 Å². The third-order valence-corrected chi connectivity index (χ3v) is 5.04. The van der Waals surface area contributed by atoms with E-state index in [0.29, 0.717) is 0 Å². The molecule has 10 heavy (non-hydrogen) atoms. The van der Waals surface area contributed by atoms with E-state index in [1.807, 2.05) is 0 Å². The zero-order valence-corrected chi connectivity index (χ0v) is 7.56. The molecule has 0 amide bonds. The molecule has 62 valence electrons. The molecule has 0 saturated heterocycles. The van der Waals surface area contributed by atoms with Crippen molar-refractivity contribution < 1.29 is 14.8 Å². The van der Waals surface area contributed by atoms with Crippen LogP contribution in [0.5, 0.6) is 0 Å². The van der Waals surface area contributed by atoms with E-state index in [2.05, 4.69) is 0 Å². The Morgan fingerprint density at radius 1 is 1.20 bits per heavy atom. The number of aliphatic hydroxyl groups is 2. The fourth-order valence-corrected chi connectivity index (χ4v) is 1.41. The van der Waals surface area contributed by atoms with Crippen LogP contribution in [0.3, 0.4) is 0 Å². The van der Waals surface area contributed by atoms with Crippen molar-refractivity contribution in [2.24, 2.45) is 0 Å². The highest BCUT2D eigenvalue weighted by atomic mass is 31.2. The molecule has 0 spiro atoms. The highest BCUT2D eigenvalue weighted by Gasteiger charge is 2.34. The van der Waals surface area contributed by atoms with Crippen LogP contribution in [0.15, 0.2) is 0 Å². The summed E-state index contributed by atoms with van der Waals surface area (Å²) in [4.78, 5) is 0. The minimum atomic E-state index is -2.75. The van der Waals surface area contributed by atoms with Gasteiger partial charge < -0.3 is 14.8 Å². The van der Waals surface area contributed by atoms with Crippen molar-refractivity contribution >= 4 is 7.14 Å². The third kappa shape index (κ3) is 1.82. The number of aliphatic hydroxyl groups excluding tert-OH is 2. The van der Waals surface area contributed by atoms with Crippen molar-refractivity contribution in [3.8, 4) is 0 Å². The molecule has 2 N–H and O–H groups in total.